The van der Waals surface area contributed by atoms with Crippen molar-refractivity contribution in [3.63, 3.8) is 0 Å². The second-order valence-corrected chi connectivity index (χ2v) is 11.0. The number of benzene rings is 1. The predicted octanol–water partition coefficient (Wildman–Crippen LogP) is 5.29. The van der Waals surface area contributed by atoms with E-state index in [1.54, 1.807) is 6.20 Å². The Labute approximate surface area is 229 Å². The van der Waals surface area contributed by atoms with Crippen molar-refractivity contribution in [3.8, 4) is 5.75 Å². The normalized spacial score (nSPS) is 26.1. The van der Waals surface area contributed by atoms with Gasteiger partial charge in [0.25, 0.3) is 0 Å². The van der Waals surface area contributed by atoms with Gasteiger partial charge >= 0.3 is 5.97 Å². The van der Waals surface area contributed by atoms with Crippen molar-refractivity contribution >= 4 is 17.6 Å². The lowest BCUT2D eigenvalue weighted by molar-refractivity contribution is -0.157. The van der Waals surface area contributed by atoms with Crippen LogP contribution in [-0.2, 0) is 30.3 Å². The number of rotatable bonds is 11. The molecule has 0 saturated carbocycles. The second-order valence-electron chi connectivity index (χ2n) is 10.6. The number of aromatic nitrogens is 1. The van der Waals surface area contributed by atoms with E-state index in [-0.39, 0.29) is 43.2 Å². The molecule has 2 aliphatic heterocycles. The lowest BCUT2D eigenvalue weighted by Gasteiger charge is -2.30. The molecule has 38 heavy (non-hydrogen) atoms. The first-order valence-electron chi connectivity index (χ1n) is 13.2. The third kappa shape index (κ3) is 6.49. The molecule has 4 rings (SSSR count). The van der Waals surface area contributed by atoms with Gasteiger partial charge in [0.2, 0.25) is 5.79 Å². The van der Waals surface area contributed by atoms with Crippen LogP contribution >= 0.6 is 11.6 Å². The highest BCUT2D eigenvalue weighted by molar-refractivity contribution is 6.30. The van der Waals surface area contributed by atoms with Crippen LogP contribution in [0.5, 0.6) is 5.75 Å². The number of hydrogen-bond acceptors (Lipinski definition) is 8. The molecule has 1 aromatic heterocycles. The molecule has 0 radical (unpaired) electrons. The van der Waals surface area contributed by atoms with E-state index in [0.29, 0.717) is 36.3 Å². The molecule has 5 unspecified atom stereocenters. The van der Waals surface area contributed by atoms with Crippen molar-refractivity contribution < 1.29 is 33.6 Å². The highest BCUT2D eigenvalue weighted by atomic mass is 35.5. The lowest BCUT2D eigenvalue weighted by atomic mass is 9.91. The Hall–Kier alpha value is -2.23. The molecular formula is C29H38ClNO7. The van der Waals surface area contributed by atoms with E-state index in [1.165, 1.54) is 6.92 Å². The summed E-state index contributed by atoms with van der Waals surface area (Å²) < 4.78 is 29.3. The Morgan fingerprint density at radius 2 is 2.03 bits per heavy atom. The summed E-state index contributed by atoms with van der Waals surface area (Å²) in [7, 11) is 0. The van der Waals surface area contributed by atoms with E-state index >= 15 is 0 Å². The Morgan fingerprint density at radius 3 is 2.74 bits per heavy atom. The molecule has 0 spiro atoms. The van der Waals surface area contributed by atoms with E-state index in [4.69, 9.17) is 35.3 Å². The molecule has 3 heterocycles. The average molecular weight is 548 g/mol. The maximum absolute atomic E-state index is 12.4. The van der Waals surface area contributed by atoms with Crippen LogP contribution in [0.1, 0.15) is 75.4 Å². The SMILES string of the molecule is CCC1(C)OCC(C)C1OCCOC(=O)CCC(C)(O)Oc1c(C)ncc2c1COC2c1ccc(Cl)cc1. The van der Waals surface area contributed by atoms with Crippen molar-refractivity contribution in [2.45, 2.75) is 84.1 Å². The maximum Gasteiger partial charge on any atom is 0.306 e. The fraction of sp³-hybridized carbons (Fsp3) is 0.586. The van der Waals surface area contributed by atoms with Crippen molar-refractivity contribution in [3.05, 3.63) is 57.9 Å². The largest absolute Gasteiger partial charge is 0.463 e. The second kappa shape index (κ2) is 11.9. The molecule has 2 aromatic rings. The minimum Gasteiger partial charge on any atom is -0.463 e. The van der Waals surface area contributed by atoms with E-state index in [9.17, 15) is 9.90 Å². The number of nitrogens with zero attached hydrogens (tertiary/aromatic N) is 1. The van der Waals surface area contributed by atoms with Gasteiger partial charge in [0.1, 0.15) is 18.5 Å². The van der Waals surface area contributed by atoms with Crippen LogP contribution in [0, 0.1) is 12.8 Å². The van der Waals surface area contributed by atoms with Crippen molar-refractivity contribution in [1.29, 1.82) is 0 Å². The fourth-order valence-electron chi connectivity index (χ4n) is 5.08. The van der Waals surface area contributed by atoms with Gasteiger partial charge in [-0.2, -0.15) is 0 Å². The average Bonchev–Trinajstić information content (AvgIpc) is 3.44. The Bertz CT molecular complexity index is 1120. The number of carbonyl (C=O) groups excluding carboxylic acids is 1. The van der Waals surface area contributed by atoms with Crippen LogP contribution in [0.3, 0.4) is 0 Å². The zero-order valence-electron chi connectivity index (χ0n) is 22.8. The molecule has 1 saturated heterocycles. The zero-order chi connectivity index (χ0) is 27.5. The van der Waals surface area contributed by atoms with E-state index in [1.807, 2.05) is 31.2 Å². The molecule has 1 N–H and O–H groups in total. The topological polar surface area (TPSA) is 96.3 Å². The van der Waals surface area contributed by atoms with Crippen molar-refractivity contribution in [2.75, 3.05) is 19.8 Å². The smallest absolute Gasteiger partial charge is 0.306 e. The third-order valence-corrected chi connectivity index (χ3v) is 7.71. The minimum atomic E-state index is -1.60. The summed E-state index contributed by atoms with van der Waals surface area (Å²) in [6, 6.07) is 7.47. The quantitative estimate of drug-likeness (QED) is 0.230. The minimum absolute atomic E-state index is 0.00593. The molecule has 1 fully saturated rings. The van der Waals surface area contributed by atoms with Crippen molar-refractivity contribution in [2.24, 2.45) is 5.92 Å². The highest BCUT2D eigenvalue weighted by Gasteiger charge is 2.44. The van der Waals surface area contributed by atoms with Gasteiger partial charge in [0.05, 0.1) is 43.6 Å². The number of esters is 1. The summed E-state index contributed by atoms with van der Waals surface area (Å²) in [5.41, 5.74) is 2.99. The van der Waals surface area contributed by atoms with Crippen LogP contribution in [0.15, 0.2) is 30.5 Å². The van der Waals surface area contributed by atoms with Gasteiger partial charge in [0.15, 0.2) is 0 Å². The van der Waals surface area contributed by atoms with Gasteiger partial charge in [-0.15, -0.1) is 0 Å². The molecule has 0 bridgehead atoms. The number of pyridine rings is 1. The van der Waals surface area contributed by atoms with Gasteiger partial charge in [-0.3, -0.25) is 9.78 Å². The van der Waals surface area contributed by atoms with Gasteiger partial charge in [-0.25, -0.2) is 0 Å². The first kappa shape index (κ1) is 28.8. The number of fused-ring (bicyclic) bond motifs is 1. The summed E-state index contributed by atoms with van der Waals surface area (Å²) in [6.45, 7) is 11.0. The van der Waals surface area contributed by atoms with Crippen LogP contribution < -0.4 is 4.74 Å². The molecule has 5 atom stereocenters. The fourth-order valence-corrected chi connectivity index (χ4v) is 5.20. The molecule has 2 aliphatic rings. The molecule has 0 amide bonds. The first-order chi connectivity index (χ1) is 18.0. The number of aliphatic hydroxyl groups is 1. The third-order valence-electron chi connectivity index (χ3n) is 7.45. The Balaban J connectivity index is 1.29. The van der Waals surface area contributed by atoms with Crippen LogP contribution in [0.2, 0.25) is 5.02 Å². The van der Waals surface area contributed by atoms with Crippen LogP contribution in [0.25, 0.3) is 0 Å². The summed E-state index contributed by atoms with van der Waals surface area (Å²) in [4.78, 5) is 16.8. The van der Waals surface area contributed by atoms with Crippen LogP contribution in [-0.4, -0.2) is 53.4 Å². The maximum atomic E-state index is 12.4. The molecule has 1 aromatic carbocycles. The molecule has 9 heteroatoms. The van der Waals surface area contributed by atoms with E-state index in [2.05, 4.69) is 25.8 Å². The standard InChI is InChI=1S/C29H38ClNO7/c1-6-28(4)27(18(2)16-37-28)35-14-13-34-24(32)11-12-29(5,33)38-25-19(3)31-15-22-23(25)17-36-26(22)20-7-9-21(30)10-8-20/h7-10,15,18,26-27,33H,6,11-14,16-17H2,1-5H3. The summed E-state index contributed by atoms with van der Waals surface area (Å²) in [6.07, 6.45) is 2.35. The monoisotopic (exact) mass is 547 g/mol. The number of carbonyl (C=O) groups is 1. The van der Waals surface area contributed by atoms with E-state index < -0.39 is 11.8 Å². The number of ether oxygens (including phenoxy) is 5. The summed E-state index contributed by atoms with van der Waals surface area (Å²) in [5, 5.41) is 11.6. The van der Waals surface area contributed by atoms with Gasteiger partial charge in [-0.05, 0) is 38.0 Å². The predicted molar refractivity (Wildman–Crippen MR) is 142 cm³/mol. The van der Waals surface area contributed by atoms with Crippen LogP contribution in [0.4, 0.5) is 0 Å². The Morgan fingerprint density at radius 1 is 1.29 bits per heavy atom. The van der Waals surface area contributed by atoms with Crippen molar-refractivity contribution in [1.82, 2.24) is 4.98 Å². The summed E-state index contributed by atoms with van der Waals surface area (Å²) in [5.74, 6) is -1.27. The molecular weight excluding hydrogens is 510 g/mol. The summed E-state index contributed by atoms with van der Waals surface area (Å²) >= 11 is 6.03. The zero-order valence-corrected chi connectivity index (χ0v) is 23.5. The van der Waals surface area contributed by atoms with E-state index in [0.717, 1.165) is 23.1 Å². The first-order valence-corrected chi connectivity index (χ1v) is 13.6. The van der Waals surface area contributed by atoms with Gasteiger partial charge < -0.3 is 28.8 Å². The van der Waals surface area contributed by atoms with Gasteiger partial charge in [-0.1, -0.05) is 37.6 Å². The number of halogens is 1. The molecule has 0 aliphatic carbocycles. The molecule has 8 nitrogen and oxygen atoms in total. The molecule has 208 valence electrons. The highest BCUT2D eigenvalue weighted by Crippen LogP contribution is 2.42. The Kier molecular flexibility index (Phi) is 9.00. The number of aryl methyl sites for hydroxylation is 1. The number of hydrogen-bond donors (Lipinski definition) is 1. The van der Waals surface area contributed by atoms with Gasteiger partial charge in [0, 0.05) is 41.6 Å². The lowest BCUT2D eigenvalue weighted by Crippen LogP contribution is -2.40.